The molecule has 2 aliphatic rings. The predicted octanol–water partition coefficient (Wildman–Crippen LogP) is 1.48. The number of rotatable bonds is 3. The maximum atomic E-state index is 10.9. The van der Waals surface area contributed by atoms with Gasteiger partial charge in [-0.1, -0.05) is 0 Å². The number of aliphatic hydroxyl groups is 1. The van der Waals surface area contributed by atoms with E-state index in [0.29, 0.717) is 11.5 Å². The summed E-state index contributed by atoms with van der Waals surface area (Å²) in [6.07, 6.45) is 2.62. The molecule has 1 aliphatic carbocycles. The number of carboxylic acids is 1. The van der Waals surface area contributed by atoms with Crippen LogP contribution in [0.25, 0.3) is 0 Å². The second-order valence-corrected chi connectivity index (χ2v) is 4.84. The summed E-state index contributed by atoms with van der Waals surface area (Å²) in [5.41, 5.74) is 2.35. The van der Waals surface area contributed by atoms with Gasteiger partial charge < -0.3 is 15.1 Å². The fourth-order valence-corrected chi connectivity index (χ4v) is 2.48. The summed E-state index contributed by atoms with van der Waals surface area (Å²) in [6, 6.07) is 5.15. The number of fused-ring (bicyclic) bond motifs is 1. The van der Waals surface area contributed by atoms with E-state index in [1.54, 1.807) is 12.1 Å². The Bertz CT molecular complexity index is 468. The van der Waals surface area contributed by atoms with E-state index < -0.39 is 12.2 Å². The summed E-state index contributed by atoms with van der Waals surface area (Å²) in [4.78, 5) is 12.9. The van der Waals surface area contributed by atoms with Crippen LogP contribution in [-0.2, 0) is 6.42 Å². The number of carboxylic acid groups (broad SMARTS) is 1. The summed E-state index contributed by atoms with van der Waals surface area (Å²) in [6.45, 7) is 0.788. The number of benzene rings is 1. The Morgan fingerprint density at radius 3 is 2.82 bits per heavy atom. The molecule has 0 bridgehead atoms. The second kappa shape index (κ2) is 3.74. The van der Waals surface area contributed by atoms with Gasteiger partial charge in [0, 0.05) is 18.2 Å². The van der Waals surface area contributed by atoms with Crippen LogP contribution < -0.4 is 4.90 Å². The van der Waals surface area contributed by atoms with Crippen LogP contribution in [-0.4, -0.2) is 29.0 Å². The molecule has 1 atom stereocenters. The smallest absolute Gasteiger partial charge is 0.335 e. The fraction of sp³-hybridized carbons (Fsp3) is 0.462. The summed E-state index contributed by atoms with van der Waals surface area (Å²) in [7, 11) is 0. The van der Waals surface area contributed by atoms with Crippen molar-refractivity contribution in [3.63, 3.8) is 0 Å². The molecule has 4 nitrogen and oxygen atoms in total. The van der Waals surface area contributed by atoms with E-state index in [1.165, 1.54) is 0 Å². The molecule has 1 fully saturated rings. The fourth-order valence-electron chi connectivity index (χ4n) is 2.48. The van der Waals surface area contributed by atoms with Gasteiger partial charge in [-0.15, -0.1) is 0 Å². The first kappa shape index (κ1) is 10.6. The minimum absolute atomic E-state index is 0.325. The Morgan fingerprint density at radius 1 is 1.41 bits per heavy atom. The van der Waals surface area contributed by atoms with Crippen molar-refractivity contribution in [1.82, 2.24) is 0 Å². The van der Waals surface area contributed by atoms with Crippen LogP contribution in [0.5, 0.6) is 0 Å². The maximum Gasteiger partial charge on any atom is 0.335 e. The van der Waals surface area contributed by atoms with Crippen molar-refractivity contribution in [3.8, 4) is 0 Å². The molecule has 0 radical (unpaired) electrons. The first-order valence-electron chi connectivity index (χ1n) is 5.98. The van der Waals surface area contributed by atoms with Crippen molar-refractivity contribution in [2.75, 3.05) is 11.4 Å². The van der Waals surface area contributed by atoms with Crippen molar-refractivity contribution in [1.29, 1.82) is 0 Å². The topological polar surface area (TPSA) is 60.8 Å². The molecule has 90 valence electrons. The van der Waals surface area contributed by atoms with E-state index >= 15 is 0 Å². The molecule has 3 rings (SSSR count). The van der Waals surface area contributed by atoms with Crippen LogP contribution in [0, 0.1) is 5.92 Å². The number of aliphatic hydroxyl groups excluding tert-OH is 1. The number of hydrogen-bond donors (Lipinski definition) is 2. The monoisotopic (exact) mass is 233 g/mol. The average molecular weight is 233 g/mol. The zero-order valence-corrected chi connectivity index (χ0v) is 9.47. The summed E-state index contributed by atoms with van der Waals surface area (Å²) in [5, 5.41) is 19.0. The number of anilines is 1. The van der Waals surface area contributed by atoms with Gasteiger partial charge >= 0.3 is 5.97 Å². The lowest BCUT2D eigenvalue weighted by molar-refractivity contribution is 0.0697. The lowest BCUT2D eigenvalue weighted by Crippen LogP contribution is -2.35. The molecule has 17 heavy (non-hydrogen) atoms. The van der Waals surface area contributed by atoms with Gasteiger partial charge in [-0.2, -0.15) is 0 Å². The van der Waals surface area contributed by atoms with Gasteiger partial charge in [0.05, 0.1) is 5.56 Å². The third-order valence-electron chi connectivity index (χ3n) is 3.62. The molecule has 1 aromatic carbocycles. The molecule has 2 N–H and O–H groups in total. The molecule has 1 aromatic rings. The molecule has 1 unspecified atom stereocenters. The summed E-state index contributed by atoms with van der Waals surface area (Å²) in [5.74, 6) is -0.492. The Kier molecular flexibility index (Phi) is 2.33. The van der Waals surface area contributed by atoms with Crippen LogP contribution in [0.2, 0.25) is 0 Å². The van der Waals surface area contributed by atoms with Gasteiger partial charge in [-0.05, 0) is 43.0 Å². The van der Waals surface area contributed by atoms with Crippen LogP contribution >= 0.6 is 0 Å². The maximum absolute atomic E-state index is 10.9. The highest BCUT2D eigenvalue weighted by Crippen LogP contribution is 2.39. The Hall–Kier alpha value is -1.55. The van der Waals surface area contributed by atoms with Crippen molar-refractivity contribution < 1.29 is 15.0 Å². The number of hydrogen-bond acceptors (Lipinski definition) is 3. The molecule has 1 saturated carbocycles. The molecule has 0 saturated heterocycles. The van der Waals surface area contributed by atoms with E-state index in [1.807, 2.05) is 11.0 Å². The van der Waals surface area contributed by atoms with Crippen LogP contribution in [0.4, 0.5) is 5.69 Å². The zero-order valence-electron chi connectivity index (χ0n) is 9.47. The highest BCUT2D eigenvalue weighted by Gasteiger charge is 2.36. The largest absolute Gasteiger partial charge is 0.478 e. The summed E-state index contributed by atoms with van der Waals surface area (Å²) < 4.78 is 0. The zero-order chi connectivity index (χ0) is 12.0. The molecular formula is C13H15NO3. The van der Waals surface area contributed by atoms with Gasteiger partial charge in [-0.25, -0.2) is 4.79 Å². The van der Waals surface area contributed by atoms with Gasteiger partial charge in [0.15, 0.2) is 0 Å². The van der Waals surface area contributed by atoms with Crippen molar-refractivity contribution in [3.05, 3.63) is 29.3 Å². The lowest BCUT2D eigenvalue weighted by atomic mass is 10.1. The van der Waals surface area contributed by atoms with Gasteiger partial charge in [0.1, 0.15) is 6.23 Å². The molecule has 0 amide bonds. The van der Waals surface area contributed by atoms with Crippen molar-refractivity contribution in [2.45, 2.75) is 25.5 Å². The lowest BCUT2D eigenvalue weighted by Gasteiger charge is -2.25. The number of carbonyl (C=O) groups is 1. The number of nitrogens with zero attached hydrogens (tertiary/aromatic N) is 1. The van der Waals surface area contributed by atoms with E-state index in [0.717, 1.165) is 37.1 Å². The average Bonchev–Trinajstić information content (AvgIpc) is 3.07. The van der Waals surface area contributed by atoms with Crippen LogP contribution in [0.15, 0.2) is 18.2 Å². The molecule has 1 heterocycles. The van der Waals surface area contributed by atoms with Crippen LogP contribution in [0.3, 0.4) is 0 Å². The van der Waals surface area contributed by atoms with Gasteiger partial charge in [0.25, 0.3) is 0 Å². The molecular weight excluding hydrogens is 218 g/mol. The molecule has 0 aromatic heterocycles. The van der Waals surface area contributed by atoms with E-state index in [4.69, 9.17) is 5.11 Å². The Morgan fingerprint density at radius 2 is 2.18 bits per heavy atom. The van der Waals surface area contributed by atoms with Gasteiger partial charge in [-0.3, -0.25) is 0 Å². The molecule has 4 heteroatoms. The van der Waals surface area contributed by atoms with Crippen molar-refractivity contribution in [2.24, 2.45) is 5.92 Å². The molecule has 1 aliphatic heterocycles. The van der Waals surface area contributed by atoms with E-state index in [9.17, 15) is 9.90 Å². The third kappa shape index (κ3) is 1.78. The quantitative estimate of drug-likeness (QED) is 0.830. The van der Waals surface area contributed by atoms with Gasteiger partial charge in [0.2, 0.25) is 0 Å². The standard InChI is InChI=1S/C13H15NO3/c15-12(8-1-2-8)14-6-5-9-7-10(13(16)17)3-4-11(9)14/h3-4,7-8,12,15H,1-2,5-6H2,(H,16,17). The third-order valence-corrected chi connectivity index (χ3v) is 3.62. The van der Waals surface area contributed by atoms with Crippen LogP contribution in [0.1, 0.15) is 28.8 Å². The Labute approximate surface area is 99.5 Å². The minimum atomic E-state index is -0.894. The van der Waals surface area contributed by atoms with E-state index in [-0.39, 0.29) is 0 Å². The molecule has 0 spiro atoms. The highest BCUT2D eigenvalue weighted by molar-refractivity contribution is 5.88. The Balaban J connectivity index is 1.89. The normalized spacial score (nSPS) is 20.2. The first-order valence-corrected chi connectivity index (χ1v) is 5.98. The summed E-state index contributed by atoms with van der Waals surface area (Å²) >= 11 is 0. The first-order chi connectivity index (χ1) is 8.16. The minimum Gasteiger partial charge on any atom is -0.478 e. The number of aromatic carboxylic acids is 1. The highest BCUT2D eigenvalue weighted by atomic mass is 16.4. The predicted molar refractivity (Wildman–Crippen MR) is 63.2 cm³/mol. The van der Waals surface area contributed by atoms with E-state index in [2.05, 4.69) is 0 Å². The second-order valence-electron chi connectivity index (χ2n) is 4.84. The van der Waals surface area contributed by atoms with Crippen molar-refractivity contribution >= 4 is 11.7 Å². The SMILES string of the molecule is O=C(O)c1ccc2c(c1)CCN2C(O)C1CC1.